The molecule has 2 aromatic heterocycles. The number of nitrogens with zero attached hydrogens (tertiary/aromatic N) is 2. The zero-order valence-electron chi connectivity index (χ0n) is 16.4. The molecule has 2 aromatic rings. The van der Waals surface area contributed by atoms with E-state index >= 15 is 0 Å². The maximum absolute atomic E-state index is 12.3. The molecule has 4 heterocycles. The Morgan fingerprint density at radius 2 is 2.29 bits per heavy atom. The Hall–Kier alpha value is -1.74. The van der Waals surface area contributed by atoms with Gasteiger partial charge in [0.2, 0.25) is 0 Å². The van der Waals surface area contributed by atoms with Crippen LogP contribution in [0.5, 0.6) is 0 Å². The van der Waals surface area contributed by atoms with Crippen molar-refractivity contribution < 1.29 is 14.6 Å². The number of aliphatic hydroxyl groups is 1. The molecule has 1 spiro atoms. The molecule has 2 saturated heterocycles. The highest BCUT2D eigenvalue weighted by molar-refractivity contribution is 7.09. The number of likely N-dealkylation sites (tertiary alicyclic amines) is 1. The molecular formula is C20H28N4O3S. The van der Waals surface area contributed by atoms with Crippen molar-refractivity contribution >= 4 is 17.2 Å². The summed E-state index contributed by atoms with van der Waals surface area (Å²) in [7, 11) is 0. The Morgan fingerprint density at radius 1 is 1.50 bits per heavy atom. The first-order valence-electron chi connectivity index (χ1n) is 9.79. The van der Waals surface area contributed by atoms with Gasteiger partial charge in [-0.25, -0.2) is 4.98 Å². The van der Waals surface area contributed by atoms with Crippen molar-refractivity contribution in [2.45, 2.75) is 56.9 Å². The number of hydrogen-bond acceptors (Lipinski definition) is 6. The number of aromatic amines is 1. The van der Waals surface area contributed by atoms with Gasteiger partial charge in [-0.05, 0) is 38.8 Å². The molecule has 0 aliphatic carbocycles. The number of aryl methyl sites for hydroxylation is 1. The Kier molecular flexibility index (Phi) is 5.30. The first-order chi connectivity index (χ1) is 13.4. The first kappa shape index (κ1) is 19.6. The summed E-state index contributed by atoms with van der Waals surface area (Å²) in [6, 6.07) is 3.07. The van der Waals surface area contributed by atoms with Crippen LogP contribution in [0.3, 0.4) is 0 Å². The van der Waals surface area contributed by atoms with Gasteiger partial charge in [0.15, 0.2) is 0 Å². The Morgan fingerprint density at radius 3 is 2.89 bits per heavy atom. The highest BCUT2D eigenvalue weighted by atomic mass is 32.1. The third-order valence-electron chi connectivity index (χ3n) is 5.93. The van der Waals surface area contributed by atoms with Crippen LogP contribution in [0, 0.1) is 6.92 Å². The molecule has 0 radical (unpaired) electrons. The monoisotopic (exact) mass is 404 g/mol. The SMILES string of the molecule is Cc1csc(CN2CCC3(CC2)C[C@](C)(O)[C@@H](NC(=O)c2ccc[nH]2)CO3)n1. The van der Waals surface area contributed by atoms with E-state index in [0.29, 0.717) is 18.7 Å². The summed E-state index contributed by atoms with van der Waals surface area (Å²) in [4.78, 5) is 22.2. The van der Waals surface area contributed by atoms with Gasteiger partial charge in [0.25, 0.3) is 5.91 Å². The number of aromatic nitrogens is 2. The lowest BCUT2D eigenvalue weighted by Crippen LogP contribution is -2.63. The average Bonchev–Trinajstić information content (AvgIpc) is 3.31. The molecule has 152 valence electrons. The van der Waals surface area contributed by atoms with Crippen LogP contribution >= 0.6 is 11.3 Å². The van der Waals surface area contributed by atoms with Crippen LogP contribution in [0.4, 0.5) is 0 Å². The van der Waals surface area contributed by atoms with Crippen molar-refractivity contribution in [2.75, 3.05) is 19.7 Å². The van der Waals surface area contributed by atoms with Gasteiger partial charge in [-0.2, -0.15) is 0 Å². The number of thiazole rings is 1. The van der Waals surface area contributed by atoms with Crippen LogP contribution in [0.2, 0.25) is 0 Å². The van der Waals surface area contributed by atoms with E-state index in [1.807, 2.05) is 13.8 Å². The molecule has 7 nitrogen and oxygen atoms in total. The molecule has 0 unspecified atom stereocenters. The van der Waals surface area contributed by atoms with Crippen molar-refractivity contribution in [3.05, 3.63) is 40.1 Å². The standard InChI is InChI=1S/C20H28N4O3S/c1-14-12-28-17(22-14)10-24-8-5-20(6-9-24)13-19(2,26)16(11-27-20)23-18(25)15-4-3-7-21-15/h3-4,7,12,16,21,26H,5-6,8-11,13H2,1-2H3,(H,23,25)/t16-,19-/m0/s1. The van der Waals surface area contributed by atoms with Gasteiger partial charge in [0.05, 0.1) is 30.4 Å². The quantitative estimate of drug-likeness (QED) is 0.726. The molecule has 4 rings (SSSR count). The van der Waals surface area contributed by atoms with E-state index in [-0.39, 0.29) is 11.5 Å². The molecule has 0 saturated carbocycles. The number of piperidine rings is 1. The molecule has 3 N–H and O–H groups in total. The number of nitrogens with one attached hydrogen (secondary N) is 2. The van der Waals surface area contributed by atoms with E-state index < -0.39 is 11.6 Å². The smallest absolute Gasteiger partial charge is 0.268 e. The number of amides is 1. The average molecular weight is 405 g/mol. The lowest BCUT2D eigenvalue weighted by molar-refractivity contribution is -0.186. The maximum atomic E-state index is 12.3. The summed E-state index contributed by atoms with van der Waals surface area (Å²) in [6.45, 7) is 6.88. The van der Waals surface area contributed by atoms with Gasteiger partial charge in [0, 0.05) is 36.8 Å². The van der Waals surface area contributed by atoms with Crippen LogP contribution in [0.1, 0.15) is 47.4 Å². The zero-order chi connectivity index (χ0) is 19.8. The molecule has 8 heteroatoms. The molecule has 28 heavy (non-hydrogen) atoms. The summed E-state index contributed by atoms with van der Waals surface area (Å²) in [5.41, 5.74) is 0.246. The van der Waals surface area contributed by atoms with Gasteiger partial charge in [-0.1, -0.05) is 0 Å². The number of H-pyrrole nitrogens is 1. The van der Waals surface area contributed by atoms with E-state index in [1.165, 1.54) is 0 Å². The predicted molar refractivity (Wildman–Crippen MR) is 107 cm³/mol. The van der Waals surface area contributed by atoms with E-state index in [2.05, 4.69) is 25.6 Å². The number of ether oxygens (including phenoxy) is 1. The van der Waals surface area contributed by atoms with Crippen molar-refractivity contribution in [3.8, 4) is 0 Å². The van der Waals surface area contributed by atoms with Crippen LogP contribution in [0.25, 0.3) is 0 Å². The third-order valence-corrected chi connectivity index (χ3v) is 6.88. The molecular weight excluding hydrogens is 376 g/mol. The van der Waals surface area contributed by atoms with Crippen LogP contribution in [-0.4, -0.2) is 62.8 Å². The lowest BCUT2D eigenvalue weighted by Gasteiger charge is -2.51. The molecule has 2 fully saturated rings. The normalized spacial score (nSPS) is 27.8. The number of rotatable bonds is 4. The lowest BCUT2D eigenvalue weighted by atomic mass is 9.75. The largest absolute Gasteiger partial charge is 0.388 e. The second kappa shape index (κ2) is 7.59. The fourth-order valence-electron chi connectivity index (χ4n) is 4.28. The Labute approximate surface area is 169 Å². The summed E-state index contributed by atoms with van der Waals surface area (Å²) >= 11 is 1.71. The number of carbonyl (C=O) groups excluding carboxylic acids is 1. The topological polar surface area (TPSA) is 90.5 Å². The van der Waals surface area contributed by atoms with Crippen molar-refractivity contribution in [3.63, 3.8) is 0 Å². The van der Waals surface area contributed by atoms with Crippen molar-refractivity contribution in [2.24, 2.45) is 0 Å². The van der Waals surface area contributed by atoms with Gasteiger partial charge in [-0.3, -0.25) is 9.69 Å². The minimum atomic E-state index is -1.00. The van der Waals surface area contributed by atoms with E-state index in [0.717, 1.165) is 43.2 Å². The van der Waals surface area contributed by atoms with Gasteiger partial charge < -0.3 is 20.1 Å². The molecule has 2 atom stereocenters. The maximum Gasteiger partial charge on any atom is 0.268 e. The van der Waals surface area contributed by atoms with Crippen LogP contribution in [0.15, 0.2) is 23.7 Å². The van der Waals surface area contributed by atoms with E-state index in [4.69, 9.17) is 4.74 Å². The van der Waals surface area contributed by atoms with E-state index in [9.17, 15) is 9.90 Å². The molecule has 2 aliphatic heterocycles. The Bertz CT molecular complexity index is 809. The highest BCUT2D eigenvalue weighted by Crippen LogP contribution is 2.40. The summed E-state index contributed by atoms with van der Waals surface area (Å²) in [5, 5.41) is 17.2. The molecule has 0 bridgehead atoms. The number of hydrogen-bond donors (Lipinski definition) is 3. The Balaban J connectivity index is 1.33. The second-order valence-corrected chi connectivity index (χ2v) is 9.24. The summed E-state index contributed by atoms with van der Waals surface area (Å²) in [5.74, 6) is -0.219. The van der Waals surface area contributed by atoms with Crippen LogP contribution in [-0.2, 0) is 11.3 Å². The summed E-state index contributed by atoms with van der Waals surface area (Å²) in [6.07, 6.45) is 4.00. The third kappa shape index (κ3) is 4.15. The van der Waals surface area contributed by atoms with E-state index in [1.54, 1.807) is 29.7 Å². The molecule has 2 aliphatic rings. The molecule has 0 aromatic carbocycles. The fraction of sp³-hybridized carbons (Fsp3) is 0.600. The fourth-order valence-corrected chi connectivity index (χ4v) is 5.09. The second-order valence-electron chi connectivity index (χ2n) is 8.30. The van der Waals surface area contributed by atoms with Crippen molar-refractivity contribution in [1.82, 2.24) is 20.2 Å². The van der Waals surface area contributed by atoms with Gasteiger partial charge in [0.1, 0.15) is 10.7 Å². The van der Waals surface area contributed by atoms with Crippen LogP contribution < -0.4 is 5.32 Å². The first-order valence-corrected chi connectivity index (χ1v) is 10.7. The number of carbonyl (C=O) groups is 1. The minimum absolute atomic E-state index is 0.219. The highest BCUT2D eigenvalue weighted by Gasteiger charge is 2.49. The van der Waals surface area contributed by atoms with Gasteiger partial charge >= 0.3 is 0 Å². The van der Waals surface area contributed by atoms with Gasteiger partial charge in [-0.15, -0.1) is 11.3 Å². The molecule has 1 amide bonds. The minimum Gasteiger partial charge on any atom is -0.388 e. The zero-order valence-corrected chi connectivity index (χ0v) is 17.2. The summed E-state index contributed by atoms with van der Waals surface area (Å²) < 4.78 is 6.25. The predicted octanol–water partition coefficient (Wildman–Crippen LogP) is 2.08. The van der Waals surface area contributed by atoms with Crippen molar-refractivity contribution in [1.29, 1.82) is 0 Å².